The molecule has 8 heteroatoms. The molecule has 2 heterocycles. The molecule has 1 unspecified atom stereocenters. The summed E-state index contributed by atoms with van der Waals surface area (Å²) in [6.45, 7) is 7.85. The van der Waals surface area contributed by atoms with Gasteiger partial charge in [0.1, 0.15) is 11.5 Å². The van der Waals surface area contributed by atoms with Crippen molar-refractivity contribution in [3.63, 3.8) is 0 Å². The molecular weight excluding hydrogens is 439 g/mol. The third-order valence-corrected chi connectivity index (χ3v) is 6.17. The molecule has 0 fully saturated rings. The number of aromatic nitrogens is 2. The highest BCUT2D eigenvalue weighted by Gasteiger charge is 2.31. The van der Waals surface area contributed by atoms with E-state index in [-0.39, 0.29) is 27.6 Å². The lowest BCUT2D eigenvalue weighted by Gasteiger charge is -2.25. The van der Waals surface area contributed by atoms with E-state index in [2.05, 4.69) is 0 Å². The standard InChI is InChI=1S/C23H24Cl2N2O4/c1-5-26-12(3)9-17(28)22(23(26)31)21(15-8-7-14(24)10-16(15)25)20-13(4)27(6-2)19(30)11-18(20)29/h7-11,21,28-29H,5-6H2,1-4H3. The lowest BCUT2D eigenvalue weighted by atomic mass is 9.83. The average Bonchev–Trinajstić information content (AvgIpc) is 2.67. The molecule has 0 amide bonds. The molecule has 0 aliphatic carbocycles. The molecule has 0 spiro atoms. The second-order valence-corrected chi connectivity index (χ2v) is 8.19. The highest BCUT2D eigenvalue weighted by atomic mass is 35.5. The van der Waals surface area contributed by atoms with E-state index in [1.807, 2.05) is 13.8 Å². The van der Waals surface area contributed by atoms with Gasteiger partial charge in [0, 0.05) is 52.1 Å². The zero-order valence-corrected chi connectivity index (χ0v) is 19.3. The SMILES string of the molecule is CCn1c(C)c(C(c2ccc(Cl)cc2Cl)c2c(O)cc(C)n(CC)c2=O)c(O)cc1=O. The highest BCUT2D eigenvalue weighted by molar-refractivity contribution is 6.35. The van der Waals surface area contributed by atoms with Gasteiger partial charge in [0.25, 0.3) is 11.1 Å². The summed E-state index contributed by atoms with van der Waals surface area (Å²) in [5.74, 6) is -1.41. The van der Waals surface area contributed by atoms with Crippen LogP contribution in [0.25, 0.3) is 0 Å². The minimum absolute atomic E-state index is 0.0661. The first-order valence-electron chi connectivity index (χ1n) is 9.93. The molecule has 3 rings (SSSR count). The molecule has 6 nitrogen and oxygen atoms in total. The molecule has 2 N–H and O–H groups in total. The van der Waals surface area contributed by atoms with Crippen molar-refractivity contribution >= 4 is 23.2 Å². The third-order valence-electron chi connectivity index (χ3n) is 5.60. The molecule has 0 aliphatic rings. The summed E-state index contributed by atoms with van der Waals surface area (Å²) in [7, 11) is 0. The molecule has 1 atom stereocenters. The van der Waals surface area contributed by atoms with Crippen molar-refractivity contribution in [2.24, 2.45) is 0 Å². The van der Waals surface area contributed by atoms with E-state index in [1.54, 1.807) is 26.0 Å². The minimum Gasteiger partial charge on any atom is -0.507 e. The van der Waals surface area contributed by atoms with Crippen molar-refractivity contribution in [2.45, 2.75) is 46.7 Å². The summed E-state index contributed by atoms with van der Waals surface area (Å²) >= 11 is 12.6. The van der Waals surface area contributed by atoms with E-state index in [0.29, 0.717) is 40.6 Å². The number of hydrogen-bond acceptors (Lipinski definition) is 4. The zero-order valence-electron chi connectivity index (χ0n) is 17.7. The summed E-state index contributed by atoms with van der Waals surface area (Å²) in [6, 6.07) is 7.45. The number of halogens is 2. The summed E-state index contributed by atoms with van der Waals surface area (Å²) in [6.07, 6.45) is 0. The Hall–Kier alpha value is -2.70. The molecule has 1 aromatic carbocycles. The number of benzene rings is 1. The number of hydrogen-bond donors (Lipinski definition) is 2. The van der Waals surface area contributed by atoms with E-state index in [4.69, 9.17) is 23.2 Å². The van der Waals surface area contributed by atoms with Gasteiger partial charge in [-0.2, -0.15) is 0 Å². The fraction of sp³-hybridized carbons (Fsp3) is 0.304. The van der Waals surface area contributed by atoms with Crippen LogP contribution in [0.4, 0.5) is 0 Å². The first-order valence-corrected chi connectivity index (χ1v) is 10.7. The molecule has 0 aliphatic heterocycles. The number of pyridine rings is 2. The Labute approximate surface area is 189 Å². The van der Waals surface area contributed by atoms with Crippen LogP contribution in [0, 0.1) is 13.8 Å². The van der Waals surface area contributed by atoms with Gasteiger partial charge in [-0.05, 0) is 51.5 Å². The van der Waals surface area contributed by atoms with Gasteiger partial charge in [-0.25, -0.2) is 0 Å². The molecule has 3 aromatic rings. The lowest BCUT2D eigenvalue weighted by Crippen LogP contribution is -2.29. The van der Waals surface area contributed by atoms with Crippen molar-refractivity contribution < 1.29 is 10.2 Å². The van der Waals surface area contributed by atoms with Crippen LogP contribution in [-0.4, -0.2) is 19.3 Å². The maximum atomic E-state index is 13.4. The summed E-state index contributed by atoms with van der Waals surface area (Å²) in [5, 5.41) is 22.4. The van der Waals surface area contributed by atoms with E-state index < -0.39 is 11.5 Å². The molecule has 0 radical (unpaired) electrons. The molecule has 2 aromatic heterocycles. The first-order chi connectivity index (χ1) is 14.6. The summed E-state index contributed by atoms with van der Waals surface area (Å²) < 4.78 is 3.03. The van der Waals surface area contributed by atoms with Gasteiger partial charge in [0.2, 0.25) is 0 Å². The van der Waals surface area contributed by atoms with Gasteiger partial charge >= 0.3 is 0 Å². The van der Waals surface area contributed by atoms with Crippen LogP contribution in [0.1, 0.15) is 47.8 Å². The maximum absolute atomic E-state index is 13.4. The van der Waals surface area contributed by atoms with Crippen molar-refractivity contribution in [3.05, 3.63) is 89.2 Å². The largest absolute Gasteiger partial charge is 0.507 e. The van der Waals surface area contributed by atoms with Gasteiger partial charge in [0.15, 0.2) is 0 Å². The van der Waals surface area contributed by atoms with E-state index in [0.717, 1.165) is 6.07 Å². The topological polar surface area (TPSA) is 84.5 Å². The summed E-state index contributed by atoms with van der Waals surface area (Å²) in [5.41, 5.74) is 1.19. The predicted octanol–water partition coefficient (Wildman–Crippen LogP) is 4.56. The van der Waals surface area contributed by atoms with Crippen LogP contribution < -0.4 is 11.1 Å². The third kappa shape index (κ3) is 3.98. The average molecular weight is 463 g/mol. The van der Waals surface area contributed by atoms with Crippen LogP contribution >= 0.6 is 23.2 Å². The van der Waals surface area contributed by atoms with Crippen molar-refractivity contribution in [1.82, 2.24) is 9.13 Å². The molecule has 0 bridgehead atoms. The van der Waals surface area contributed by atoms with Crippen LogP contribution in [0.5, 0.6) is 11.5 Å². The number of rotatable bonds is 5. The van der Waals surface area contributed by atoms with Gasteiger partial charge in [-0.3, -0.25) is 9.59 Å². The summed E-state index contributed by atoms with van der Waals surface area (Å²) in [4.78, 5) is 25.8. The number of nitrogens with zero attached hydrogens (tertiary/aromatic N) is 2. The quantitative estimate of drug-likeness (QED) is 0.581. The zero-order chi connectivity index (χ0) is 23.0. The van der Waals surface area contributed by atoms with Gasteiger partial charge in [0.05, 0.1) is 5.56 Å². The fourth-order valence-corrected chi connectivity index (χ4v) is 4.66. The van der Waals surface area contributed by atoms with Crippen molar-refractivity contribution in [1.29, 1.82) is 0 Å². The Morgan fingerprint density at radius 3 is 2.10 bits per heavy atom. The number of aromatic hydroxyl groups is 2. The fourth-order valence-electron chi connectivity index (χ4n) is 4.14. The van der Waals surface area contributed by atoms with E-state index in [9.17, 15) is 19.8 Å². The molecular formula is C23H24Cl2N2O4. The highest BCUT2D eigenvalue weighted by Crippen LogP contribution is 2.43. The Morgan fingerprint density at radius 2 is 1.52 bits per heavy atom. The Kier molecular flexibility index (Phi) is 6.53. The monoisotopic (exact) mass is 462 g/mol. The molecule has 0 saturated heterocycles. The van der Waals surface area contributed by atoms with Gasteiger partial charge in [-0.1, -0.05) is 29.3 Å². The minimum atomic E-state index is -0.922. The van der Waals surface area contributed by atoms with Gasteiger partial charge in [-0.15, -0.1) is 0 Å². The Bertz CT molecular complexity index is 1280. The van der Waals surface area contributed by atoms with Crippen LogP contribution in [0.3, 0.4) is 0 Å². The Morgan fingerprint density at radius 1 is 0.903 bits per heavy atom. The molecule has 164 valence electrons. The van der Waals surface area contributed by atoms with Gasteiger partial charge < -0.3 is 19.3 Å². The Balaban J connectivity index is 2.51. The second-order valence-electron chi connectivity index (χ2n) is 7.34. The van der Waals surface area contributed by atoms with Crippen molar-refractivity contribution in [2.75, 3.05) is 0 Å². The predicted molar refractivity (Wildman–Crippen MR) is 123 cm³/mol. The second kappa shape index (κ2) is 8.81. The van der Waals surface area contributed by atoms with E-state index in [1.165, 1.54) is 21.3 Å². The molecule has 0 saturated carbocycles. The van der Waals surface area contributed by atoms with Crippen molar-refractivity contribution in [3.8, 4) is 11.5 Å². The number of aryl methyl sites for hydroxylation is 1. The lowest BCUT2D eigenvalue weighted by molar-refractivity contribution is 0.449. The maximum Gasteiger partial charge on any atom is 0.258 e. The first kappa shape index (κ1) is 23.0. The van der Waals surface area contributed by atoms with Crippen LogP contribution in [-0.2, 0) is 13.1 Å². The molecule has 31 heavy (non-hydrogen) atoms. The van der Waals surface area contributed by atoms with E-state index >= 15 is 0 Å². The van der Waals surface area contributed by atoms with Crippen LogP contribution in [0.2, 0.25) is 10.0 Å². The van der Waals surface area contributed by atoms with Crippen LogP contribution in [0.15, 0.2) is 39.9 Å². The smallest absolute Gasteiger partial charge is 0.258 e. The normalized spacial score (nSPS) is 12.2.